The Balaban J connectivity index is 1.29. The third kappa shape index (κ3) is 7.07. The van der Waals surface area contributed by atoms with Crippen molar-refractivity contribution in [3.63, 3.8) is 0 Å². The fourth-order valence-electron chi connectivity index (χ4n) is 4.48. The molecule has 1 aromatic heterocycles. The Kier molecular flexibility index (Phi) is 9.27. The molecule has 0 radical (unpaired) electrons. The van der Waals surface area contributed by atoms with Crippen molar-refractivity contribution in [1.29, 1.82) is 0 Å². The number of rotatable bonds is 8. The number of carbonyl (C=O) groups is 1. The number of aromatic hydroxyl groups is 1. The van der Waals surface area contributed by atoms with Crippen LogP contribution < -0.4 is 10.9 Å². The van der Waals surface area contributed by atoms with E-state index in [0.717, 1.165) is 41.6 Å². The van der Waals surface area contributed by atoms with Crippen molar-refractivity contribution in [3.8, 4) is 17.6 Å². The Bertz CT molecular complexity index is 1330. The normalized spacial score (nSPS) is 14.5. The van der Waals surface area contributed by atoms with Crippen LogP contribution in [0.15, 0.2) is 59.7 Å². The summed E-state index contributed by atoms with van der Waals surface area (Å²) in [6.45, 7) is 1.50. The highest BCUT2D eigenvalue weighted by Gasteiger charge is 2.21. The molecule has 1 aliphatic rings. The molecule has 0 aliphatic carbocycles. The minimum absolute atomic E-state index is 0.150. The van der Waals surface area contributed by atoms with E-state index in [4.69, 9.17) is 5.11 Å². The lowest BCUT2D eigenvalue weighted by atomic mass is 9.94. The van der Waals surface area contributed by atoms with Crippen LogP contribution >= 0.6 is 0 Å². The van der Waals surface area contributed by atoms with Crippen LogP contribution in [0.1, 0.15) is 46.7 Å². The number of aromatic amines is 1. The van der Waals surface area contributed by atoms with Gasteiger partial charge in [0.1, 0.15) is 6.61 Å². The topological polar surface area (TPSA) is 139 Å². The summed E-state index contributed by atoms with van der Waals surface area (Å²) < 4.78 is 0. The fraction of sp³-hybridized carbons (Fsp3) is 0.345. The highest BCUT2D eigenvalue weighted by Crippen LogP contribution is 2.22. The van der Waals surface area contributed by atoms with Crippen LogP contribution in [0.4, 0.5) is 0 Å². The number of likely N-dealkylation sites (tertiary alicyclic amines) is 1. The Hall–Kier alpha value is -3.97. The number of aliphatic hydroxyl groups is 2. The smallest absolute Gasteiger partial charge is 0.293 e. The molecule has 2 aromatic carbocycles. The van der Waals surface area contributed by atoms with Crippen LogP contribution in [0.2, 0.25) is 0 Å². The van der Waals surface area contributed by atoms with Gasteiger partial charge < -0.3 is 30.5 Å². The number of nitrogens with zero attached hydrogens (tertiary/aromatic N) is 2. The molecular formula is C29H32N4O5. The van der Waals surface area contributed by atoms with E-state index in [-0.39, 0.29) is 30.5 Å². The minimum Gasteiger partial charge on any atom is -0.502 e. The molecular weight excluding hydrogens is 484 g/mol. The number of nitrogens with one attached hydrogen (secondary N) is 2. The number of hydrogen-bond acceptors (Lipinski definition) is 7. The summed E-state index contributed by atoms with van der Waals surface area (Å²) >= 11 is 0. The van der Waals surface area contributed by atoms with E-state index in [1.54, 1.807) is 4.90 Å². The maximum atomic E-state index is 11.6. The molecule has 0 bridgehead atoms. The maximum Gasteiger partial charge on any atom is 0.293 e. The first-order valence-electron chi connectivity index (χ1n) is 12.7. The van der Waals surface area contributed by atoms with Gasteiger partial charge in [0.15, 0.2) is 0 Å². The van der Waals surface area contributed by atoms with Gasteiger partial charge in [-0.25, -0.2) is 4.98 Å². The lowest BCUT2D eigenvalue weighted by Crippen LogP contribution is -2.45. The Morgan fingerprint density at radius 3 is 2.29 bits per heavy atom. The zero-order valence-electron chi connectivity index (χ0n) is 21.1. The molecule has 4 rings (SSSR count). The van der Waals surface area contributed by atoms with Crippen LogP contribution in [0, 0.1) is 11.8 Å². The largest absolute Gasteiger partial charge is 0.502 e. The fourth-order valence-corrected chi connectivity index (χ4v) is 4.48. The quantitative estimate of drug-likeness (QED) is 0.284. The van der Waals surface area contributed by atoms with Crippen molar-refractivity contribution >= 4 is 5.91 Å². The van der Waals surface area contributed by atoms with Crippen molar-refractivity contribution in [2.75, 3.05) is 26.3 Å². The standard InChI is InChI=1S/C29H32N4O5/c34-17-24(15-26-28(37)29(38)32-19-31-26)23-9-7-21(8-10-23)2-1-20-3-5-22(6-4-20)16-30-25-11-13-33(14-12-25)27(36)18-35/h3-10,19,24-25,30,34-35,37H,11-18H2,(H,31,32,38)/t24-/m0/s1. The number of hydrogen-bond donors (Lipinski definition) is 5. The number of amides is 1. The van der Waals surface area contributed by atoms with Gasteiger partial charge in [-0.05, 0) is 48.2 Å². The molecule has 0 unspecified atom stereocenters. The molecule has 38 heavy (non-hydrogen) atoms. The van der Waals surface area contributed by atoms with Crippen LogP contribution in [-0.4, -0.2) is 68.4 Å². The van der Waals surface area contributed by atoms with Crippen molar-refractivity contribution in [2.45, 2.75) is 37.8 Å². The molecule has 9 heteroatoms. The second-order valence-corrected chi connectivity index (χ2v) is 9.37. The van der Waals surface area contributed by atoms with Gasteiger partial charge in [0, 0.05) is 49.1 Å². The molecule has 5 N–H and O–H groups in total. The summed E-state index contributed by atoms with van der Waals surface area (Å²) in [4.78, 5) is 31.2. The second-order valence-electron chi connectivity index (χ2n) is 9.37. The second kappa shape index (κ2) is 13.0. The molecule has 0 spiro atoms. The first-order valence-corrected chi connectivity index (χ1v) is 12.7. The van der Waals surface area contributed by atoms with Crippen molar-refractivity contribution in [3.05, 3.63) is 93.2 Å². The average molecular weight is 517 g/mol. The van der Waals surface area contributed by atoms with Crippen LogP contribution in [0.5, 0.6) is 5.75 Å². The number of aliphatic hydroxyl groups excluding tert-OH is 2. The summed E-state index contributed by atoms with van der Waals surface area (Å²) in [5, 5.41) is 32.3. The predicted octanol–water partition coefficient (Wildman–Crippen LogP) is 1.27. The van der Waals surface area contributed by atoms with Crippen LogP contribution in [0.25, 0.3) is 0 Å². The maximum absolute atomic E-state index is 11.6. The van der Waals surface area contributed by atoms with Gasteiger partial charge in [-0.1, -0.05) is 36.1 Å². The van der Waals surface area contributed by atoms with E-state index >= 15 is 0 Å². The number of piperidine rings is 1. The number of carbonyl (C=O) groups excluding carboxylic acids is 1. The summed E-state index contributed by atoms with van der Waals surface area (Å²) in [7, 11) is 0. The highest BCUT2D eigenvalue weighted by molar-refractivity contribution is 5.77. The zero-order valence-corrected chi connectivity index (χ0v) is 21.1. The molecule has 1 atom stereocenters. The van der Waals surface area contributed by atoms with E-state index in [1.165, 1.54) is 6.33 Å². The lowest BCUT2D eigenvalue weighted by molar-refractivity contribution is -0.135. The van der Waals surface area contributed by atoms with Gasteiger partial charge in [0.25, 0.3) is 5.56 Å². The molecule has 1 saturated heterocycles. The minimum atomic E-state index is -0.601. The van der Waals surface area contributed by atoms with E-state index < -0.39 is 17.9 Å². The molecule has 1 fully saturated rings. The monoisotopic (exact) mass is 516 g/mol. The Morgan fingerprint density at radius 1 is 1.05 bits per heavy atom. The van der Waals surface area contributed by atoms with Gasteiger partial charge in [-0.2, -0.15) is 0 Å². The van der Waals surface area contributed by atoms with Crippen molar-refractivity contribution in [1.82, 2.24) is 20.2 Å². The summed E-state index contributed by atoms with van der Waals surface area (Å²) in [5.41, 5.74) is 3.40. The Labute approximate surface area is 221 Å². The first kappa shape index (κ1) is 27.1. The summed E-state index contributed by atoms with van der Waals surface area (Å²) in [6, 6.07) is 16.0. The third-order valence-corrected chi connectivity index (χ3v) is 6.83. The summed E-state index contributed by atoms with van der Waals surface area (Å²) in [6.07, 6.45) is 3.22. The first-order chi connectivity index (χ1) is 18.5. The van der Waals surface area contributed by atoms with Crippen molar-refractivity contribution < 1.29 is 20.1 Å². The van der Waals surface area contributed by atoms with Crippen molar-refractivity contribution in [2.24, 2.45) is 0 Å². The molecule has 198 valence electrons. The third-order valence-electron chi connectivity index (χ3n) is 6.83. The Morgan fingerprint density at radius 2 is 1.68 bits per heavy atom. The molecule has 0 saturated carbocycles. The number of H-pyrrole nitrogens is 1. The summed E-state index contributed by atoms with van der Waals surface area (Å²) in [5.74, 6) is 5.39. The highest BCUT2D eigenvalue weighted by atomic mass is 16.3. The molecule has 1 aliphatic heterocycles. The van der Waals surface area contributed by atoms with E-state index in [1.807, 2.05) is 36.4 Å². The van der Waals surface area contributed by atoms with Gasteiger partial charge in [0.05, 0.1) is 18.6 Å². The van der Waals surface area contributed by atoms with Gasteiger partial charge in [-0.3, -0.25) is 9.59 Å². The lowest BCUT2D eigenvalue weighted by Gasteiger charge is -2.32. The number of benzene rings is 2. The van der Waals surface area contributed by atoms with Gasteiger partial charge >= 0.3 is 0 Å². The molecule has 9 nitrogen and oxygen atoms in total. The molecule has 2 heterocycles. The van der Waals surface area contributed by atoms with E-state index in [0.29, 0.717) is 19.1 Å². The number of aromatic nitrogens is 2. The SMILES string of the molecule is O=C(CO)N1CCC(NCc2ccc(C#Cc3ccc([C@H](CO)Cc4nc[nH]c(=O)c4O)cc3)cc2)CC1. The predicted molar refractivity (Wildman–Crippen MR) is 142 cm³/mol. The van der Waals surface area contributed by atoms with E-state index in [2.05, 4.69) is 39.3 Å². The molecule has 1 amide bonds. The zero-order chi connectivity index (χ0) is 26.9. The van der Waals surface area contributed by atoms with Gasteiger partial charge in [0.2, 0.25) is 11.7 Å². The van der Waals surface area contributed by atoms with Gasteiger partial charge in [-0.15, -0.1) is 0 Å². The molecule has 3 aromatic rings. The van der Waals surface area contributed by atoms with E-state index in [9.17, 15) is 19.8 Å². The average Bonchev–Trinajstić information content (AvgIpc) is 2.96. The van der Waals surface area contributed by atoms with Crippen LogP contribution in [-0.2, 0) is 17.8 Å². The van der Waals surface area contributed by atoms with Crippen LogP contribution in [0.3, 0.4) is 0 Å².